The zero-order valence-electron chi connectivity index (χ0n) is 4.22. The van der Waals surface area contributed by atoms with Crippen LogP contribution in [0.3, 0.4) is 0 Å². The lowest BCUT2D eigenvalue weighted by Gasteiger charge is -2.14. The number of rotatable bonds is 0. The van der Waals surface area contributed by atoms with Gasteiger partial charge in [-0.2, -0.15) is 0 Å². The molecule has 1 radical (unpaired) electrons. The molecule has 41 valence electrons. The van der Waals surface area contributed by atoms with Crippen LogP contribution >= 0.6 is 0 Å². The van der Waals surface area contributed by atoms with E-state index in [1.807, 2.05) is 0 Å². The Bertz CT molecular complexity index is 48.0. The Morgan fingerprint density at radius 3 is 2.57 bits per heavy atom. The summed E-state index contributed by atoms with van der Waals surface area (Å²) in [7, 11) is 0. The first kappa shape index (κ1) is 5.06. The molecule has 1 heterocycles. The molecule has 0 saturated carbocycles. The largest absolute Gasteiger partial charge is 0.350 e. The van der Waals surface area contributed by atoms with Crippen LogP contribution in [0.2, 0.25) is 0 Å². The second-order valence-corrected chi connectivity index (χ2v) is 1.80. The summed E-state index contributed by atoms with van der Waals surface area (Å²) in [5.74, 6) is 0. The van der Waals surface area contributed by atoms with Crippen molar-refractivity contribution in [3.8, 4) is 0 Å². The molecule has 0 aromatic heterocycles. The minimum atomic E-state index is -0.714. The highest BCUT2D eigenvalue weighted by Crippen LogP contribution is 2.09. The quantitative estimate of drug-likeness (QED) is 0.446. The first-order valence-corrected chi connectivity index (χ1v) is 2.67. The predicted molar refractivity (Wildman–Crippen MR) is 24.3 cm³/mol. The fourth-order valence-electron chi connectivity index (χ4n) is 0.711. The van der Waals surface area contributed by atoms with Gasteiger partial charge in [0, 0.05) is 13.0 Å². The standard InChI is InChI=1S/C5H9O2/c6-5-3-1-2-4-7-5/h5H,1-4H2/t5-/m0/s1. The molecule has 7 heavy (non-hydrogen) atoms. The second kappa shape index (κ2) is 2.28. The molecule has 1 rings (SSSR count). The second-order valence-electron chi connectivity index (χ2n) is 1.80. The van der Waals surface area contributed by atoms with Crippen molar-refractivity contribution in [2.75, 3.05) is 6.61 Å². The third-order valence-corrected chi connectivity index (χ3v) is 1.14. The van der Waals surface area contributed by atoms with Crippen molar-refractivity contribution >= 4 is 0 Å². The zero-order chi connectivity index (χ0) is 5.11. The lowest BCUT2D eigenvalue weighted by atomic mass is 10.2. The van der Waals surface area contributed by atoms with E-state index in [-0.39, 0.29) is 0 Å². The van der Waals surface area contributed by atoms with Crippen molar-refractivity contribution in [1.29, 1.82) is 0 Å². The van der Waals surface area contributed by atoms with E-state index < -0.39 is 6.29 Å². The van der Waals surface area contributed by atoms with E-state index in [0.717, 1.165) is 12.8 Å². The maximum atomic E-state index is 10.3. The maximum Gasteiger partial charge on any atom is 0.191 e. The average molecular weight is 101 g/mol. The van der Waals surface area contributed by atoms with Gasteiger partial charge in [0.25, 0.3) is 0 Å². The molecular formula is C5H9O2. The normalized spacial score (nSPS) is 33.0. The van der Waals surface area contributed by atoms with Crippen LogP contribution in [0.4, 0.5) is 0 Å². The molecule has 0 spiro atoms. The third kappa shape index (κ3) is 1.45. The predicted octanol–water partition coefficient (Wildman–Crippen LogP) is 0.944. The first-order chi connectivity index (χ1) is 3.39. The molecule has 1 atom stereocenters. The van der Waals surface area contributed by atoms with Gasteiger partial charge in [0.05, 0.1) is 0 Å². The Labute approximate surface area is 43.1 Å². The zero-order valence-corrected chi connectivity index (χ0v) is 4.22. The molecule has 2 heteroatoms. The summed E-state index contributed by atoms with van der Waals surface area (Å²) in [4.78, 5) is 0. The molecule has 0 aromatic rings. The van der Waals surface area contributed by atoms with E-state index >= 15 is 0 Å². The highest BCUT2D eigenvalue weighted by molar-refractivity contribution is 4.49. The van der Waals surface area contributed by atoms with Crippen LogP contribution < -0.4 is 0 Å². The Kier molecular flexibility index (Phi) is 1.65. The topological polar surface area (TPSA) is 29.1 Å². The van der Waals surface area contributed by atoms with Crippen LogP contribution in [0.1, 0.15) is 19.3 Å². The van der Waals surface area contributed by atoms with Gasteiger partial charge in [-0.25, -0.2) is 5.11 Å². The molecule has 0 bridgehead atoms. The minimum Gasteiger partial charge on any atom is -0.350 e. The summed E-state index contributed by atoms with van der Waals surface area (Å²) in [6, 6.07) is 0. The molecule has 0 aliphatic carbocycles. The Morgan fingerprint density at radius 2 is 2.29 bits per heavy atom. The van der Waals surface area contributed by atoms with Crippen molar-refractivity contribution < 1.29 is 9.84 Å². The summed E-state index contributed by atoms with van der Waals surface area (Å²) >= 11 is 0. The Hall–Kier alpha value is -0.0800. The van der Waals surface area contributed by atoms with Crippen LogP contribution in [0.5, 0.6) is 0 Å². The Morgan fingerprint density at radius 1 is 1.43 bits per heavy atom. The summed E-state index contributed by atoms with van der Waals surface area (Å²) < 4.78 is 4.72. The van der Waals surface area contributed by atoms with E-state index in [0.29, 0.717) is 13.0 Å². The summed E-state index contributed by atoms with van der Waals surface area (Å²) in [5.41, 5.74) is 0. The van der Waals surface area contributed by atoms with Gasteiger partial charge in [-0.3, -0.25) is 0 Å². The molecule has 0 aromatic carbocycles. The lowest BCUT2D eigenvalue weighted by molar-refractivity contribution is -0.160. The van der Waals surface area contributed by atoms with Crippen molar-refractivity contribution in [2.24, 2.45) is 0 Å². The van der Waals surface area contributed by atoms with Gasteiger partial charge in [0.15, 0.2) is 6.29 Å². The summed E-state index contributed by atoms with van der Waals surface area (Å²) in [5, 5.41) is 10.3. The number of ether oxygens (including phenoxy) is 1. The van der Waals surface area contributed by atoms with Crippen molar-refractivity contribution in [1.82, 2.24) is 0 Å². The van der Waals surface area contributed by atoms with E-state index in [1.54, 1.807) is 0 Å². The van der Waals surface area contributed by atoms with Crippen molar-refractivity contribution in [3.05, 3.63) is 0 Å². The Balaban J connectivity index is 2.12. The molecule has 0 unspecified atom stereocenters. The van der Waals surface area contributed by atoms with Crippen LogP contribution in [-0.2, 0) is 9.84 Å². The molecule has 1 aliphatic rings. The highest BCUT2D eigenvalue weighted by Gasteiger charge is 2.09. The number of hydrogen-bond acceptors (Lipinski definition) is 1. The molecule has 0 amide bonds. The monoisotopic (exact) mass is 101 g/mol. The van der Waals surface area contributed by atoms with Gasteiger partial charge in [-0.15, -0.1) is 0 Å². The summed E-state index contributed by atoms with van der Waals surface area (Å²) in [6.07, 6.45) is 2.11. The maximum absolute atomic E-state index is 10.3. The van der Waals surface area contributed by atoms with Crippen LogP contribution in [0, 0.1) is 0 Å². The highest BCUT2D eigenvalue weighted by atomic mass is 16.6. The molecule has 1 aliphatic heterocycles. The van der Waals surface area contributed by atoms with E-state index in [2.05, 4.69) is 0 Å². The summed E-state index contributed by atoms with van der Waals surface area (Å²) in [6.45, 7) is 0.675. The molecule has 2 nitrogen and oxygen atoms in total. The molecular weight excluding hydrogens is 92.1 g/mol. The third-order valence-electron chi connectivity index (χ3n) is 1.14. The van der Waals surface area contributed by atoms with Gasteiger partial charge in [0.2, 0.25) is 0 Å². The van der Waals surface area contributed by atoms with E-state index in [4.69, 9.17) is 4.74 Å². The minimum absolute atomic E-state index is 0.675. The van der Waals surface area contributed by atoms with Gasteiger partial charge in [-0.05, 0) is 12.8 Å². The van der Waals surface area contributed by atoms with E-state index in [1.165, 1.54) is 0 Å². The van der Waals surface area contributed by atoms with Gasteiger partial charge in [0.1, 0.15) is 0 Å². The van der Waals surface area contributed by atoms with Crippen LogP contribution in [0.25, 0.3) is 0 Å². The fourth-order valence-corrected chi connectivity index (χ4v) is 0.711. The molecule has 0 N–H and O–H groups in total. The van der Waals surface area contributed by atoms with Gasteiger partial charge < -0.3 is 4.74 Å². The van der Waals surface area contributed by atoms with Crippen molar-refractivity contribution in [3.63, 3.8) is 0 Å². The van der Waals surface area contributed by atoms with Gasteiger partial charge in [-0.1, -0.05) is 0 Å². The van der Waals surface area contributed by atoms with Crippen LogP contribution in [-0.4, -0.2) is 12.9 Å². The fraction of sp³-hybridized carbons (Fsp3) is 1.00. The number of hydrogen-bond donors (Lipinski definition) is 0. The SMILES string of the molecule is [O][C@@H]1CCCCO1. The van der Waals surface area contributed by atoms with Gasteiger partial charge >= 0.3 is 0 Å². The molecule has 1 saturated heterocycles. The lowest BCUT2D eigenvalue weighted by Crippen LogP contribution is -2.15. The average Bonchev–Trinajstić information content (AvgIpc) is 1.69. The van der Waals surface area contributed by atoms with E-state index in [9.17, 15) is 5.11 Å². The molecule has 1 fully saturated rings. The first-order valence-electron chi connectivity index (χ1n) is 2.67. The smallest absolute Gasteiger partial charge is 0.191 e. The van der Waals surface area contributed by atoms with Crippen molar-refractivity contribution in [2.45, 2.75) is 25.6 Å². The van der Waals surface area contributed by atoms with Crippen LogP contribution in [0.15, 0.2) is 0 Å².